The summed E-state index contributed by atoms with van der Waals surface area (Å²) in [7, 11) is 0. The first-order chi connectivity index (χ1) is 11.2. The fourth-order valence-electron chi connectivity index (χ4n) is 3.19. The number of aryl methyl sites for hydroxylation is 1. The van der Waals surface area contributed by atoms with Gasteiger partial charge in [-0.15, -0.1) is 11.3 Å². The van der Waals surface area contributed by atoms with Crippen LogP contribution in [0.2, 0.25) is 0 Å². The van der Waals surface area contributed by atoms with Gasteiger partial charge in [-0.05, 0) is 37.3 Å². The van der Waals surface area contributed by atoms with Gasteiger partial charge in [0, 0.05) is 17.4 Å². The van der Waals surface area contributed by atoms with Crippen LogP contribution in [0.25, 0.3) is 10.1 Å². The van der Waals surface area contributed by atoms with Gasteiger partial charge in [-0.2, -0.15) is 0 Å². The lowest BCUT2D eigenvalue weighted by atomic mass is 10.1. The zero-order valence-electron chi connectivity index (χ0n) is 12.9. The molecule has 0 spiro atoms. The van der Waals surface area contributed by atoms with Crippen LogP contribution < -0.4 is 0 Å². The van der Waals surface area contributed by atoms with Gasteiger partial charge in [0.15, 0.2) is 0 Å². The van der Waals surface area contributed by atoms with E-state index in [4.69, 9.17) is 0 Å². The van der Waals surface area contributed by atoms with Crippen molar-refractivity contribution in [3.8, 4) is 0 Å². The van der Waals surface area contributed by atoms with E-state index in [-0.39, 0.29) is 11.9 Å². The van der Waals surface area contributed by atoms with Gasteiger partial charge in [0.1, 0.15) is 0 Å². The number of likely N-dealkylation sites (tertiary alicyclic amines) is 1. The van der Waals surface area contributed by atoms with Gasteiger partial charge in [0.05, 0.1) is 28.5 Å². The zero-order chi connectivity index (χ0) is 15.8. The van der Waals surface area contributed by atoms with Crippen LogP contribution in [-0.2, 0) is 0 Å². The highest BCUT2D eigenvalue weighted by Gasteiger charge is 2.32. The Balaban J connectivity index is 1.66. The third-order valence-corrected chi connectivity index (χ3v) is 5.37. The quantitative estimate of drug-likeness (QED) is 0.716. The largest absolute Gasteiger partial charge is 0.329 e. The summed E-state index contributed by atoms with van der Waals surface area (Å²) >= 11 is 1.57. The summed E-state index contributed by atoms with van der Waals surface area (Å²) in [6.45, 7) is 2.72. The van der Waals surface area contributed by atoms with Crippen molar-refractivity contribution in [2.45, 2.75) is 25.8 Å². The number of carbonyl (C=O) groups is 1. The van der Waals surface area contributed by atoms with Crippen LogP contribution in [0, 0.1) is 6.92 Å². The summed E-state index contributed by atoms with van der Waals surface area (Å²) in [5.41, 5.74) is 1.79. The Labute approximate surface area is 138 Å². The first-order valence-corrected chi connectivity index (χ1v) is 8.62. The Morgan fingerprint density at radius 3 is 3.00 bits per heavy atom. The van der Waals surface area contributed by atoms with Crippen molar-refractivity contribution in [1.82, 2.24) is 14.9 Å². The molecule has 0 saturated carbocycles. The number of rotatable bonds is 2. The van der Waals surface area contributed by atoms with E-state index in [0.29, 0.717) is 0 Å². The van der Waals surface area contributed by atoms with Crippen molar-refractivity contribution >= 4 is 27.3 Å². The van der Waals surface area contributed by atoms with Crippen molar-refractivity contribution in [2.24, 2.45) is 0 Å². The molecule has 4 rings (SSSR count). The SMILES string of the molecule is Cc1cncc([C@H]2CCCN2C(=O)c2cc3ccccc3s2)n1. The van der Waals surface area contributed by atoms with E-state index in [1.54, 1.807) is 23.7 Å². The van der Waals surface area contributed by atoms with Gasteiger partial charge in [-0.25, -0.2) is 0 Å². The van der Waals surface area contributed by atoms with Gasteiger partial charge in [-0.3, -0.25) is 14.8 Å². The van der Waals surface area contributed by atoms with Crippen LogP contribution in [0.3, 0.4) is 0 Å². The lowest BCUT2D eigenvalue weighted by molar-refractivity contribution is 0.0737. The molecule has 3 aromatic rings. The van der Waals surface area contributed by atoms with Crippen LogP contribution in [0.1, 0.15) is 39.9 Å². The van der Waals surface area contributed by atoms with Crippen LogP contribution >= 0.6 is 11.3 Å². The second kappa shape index (κ2) is 5.74. The normalized spacial score (nSPS) is 17.8. The Morgan fingerprint density at radius 1 is 1.30 bits per heavy atom. The van der Waals surface area contributed by atoms with E-state index in [9.17, 15) is 4.79 Å². The molecule has 0 unspecified atom stereocenters. The number of benzene rings is 1. The van der Waals surface area contributed by atoms with Gasteiger partial charge in [0.25, 0.3) is 5.91 Å². The van der Waals surface area contributed by atoms with Crippen molar-refractivity contribution in [3.05, 3.63) is 59.0 Å². The van der Waals surface area contributed by atoms with E-state index in [2.05, 4.69) is 22.1 Å². The summed E-state index contributed by atoms with van der Waals surface area (Å²) in [5, 5.41) is 1.13. The standard InChI is InChI=1S/C18H17N3OS/c1-12-10-19-11-14(20-12)15-6-4-8-21(15)18(22)17-9-13-5-2-3-7-16(13)23-17/h2-3,5,7,9-11,15H,4,6,8H2,1H3/t15-/m1/s1. The van der Waals surface area contributed by atoms with Gasteiger partial charge in [0.2, 0.25) is 0 Å². The van der Waals surface area contributed by atoms with E-state index in [0.717, 1.165) is 45.7 Å². The predicted molar refractivity (Wildman–Crippen MR) is 91.6 cm³/mol. The Bertz CT molecular complexity index is 840. The maximum absolute atomic E-state index is 13.0. The maximum Gasteiger partial charge on any atom is 0.264 e. The molecule has 0 radical (unpaired) electrons. The molecule has 116 valence electrons. The van der Waals surface area contributed by atoms with Crippen molar-refractivity contribution in [3.63, 3.8) is 0 Å². The number of thiophene rings is 1. The Hall–Kier alpha value is -2.27. The zero-order valence-corrected chi connectivity index (χ0v) is 13.7. The number of aromatic nitrogens is 2. The highest BCUT2D eigenvalue weighted by Crippen LogP contribution is 2.34. The summed E-state index contributed by atoms with van der Waals surface area (Å²) in [6, 6.07) is 10.2. The molecular formula is C18H17N3OS. The molecule has 23 heavy (non-hydrogen) atoms. The van der Waals surface area contributed by atoms with Crippen molar-refractivity contribution < 1.29 is 4.79 Å². The van der Waals surface area contributed by atoms with Crippen LogP contribution in [0.4, 0.5) is 0 Å². The number of fused-ring (bicyclic) bond motifs is 1. The minimum atomic E-state index is 0.0418. The Morgan fingerprint density at radius 2 is 2.17 bits per heavy atom. The number of hydrogen-bond acceptors (Lipinski definition) is 4. The molecule has 5 heteroatoms. The number of nitrogens with zero attached hydrogens (tertiary/aromatic N) is 3. The lowest BCUT2D eigenvalue weighted by Gasteiger charge is -2.23. The van der Waals surface area contributed by atoms with Crippen LogP contribution in [0.15, 0.2) is 42.7 Å². The number of hydrogen-bond donors (Lipinski definition) is 0. The lowest BCUT2D eigenvalue weighted by Crippen LogP contribution is -2.30. The number of amides is 1. The summed E-state index contributed by atoms with van der Waals surface area (Å²) in [5.74, 6) is 0.108. The molecule has 1 aliphatic heterocycles. The van der Waals surface area contributed by atoms with E-state index >= 15 is 0 Å². The molecule has 1 fully saturated rings. The van der Waals surface area contributed by atoms with Gasteiger partial charge < -0.3 is 4.90 Å². The fourth-order valence-corrected chi connectivity index (χ4v) is 4.21. The smallest absolute Gasteiger partial charge is 0.264 e. The molecule has 3 heterocycles. The predicted octanol–water partition coefficient (Wildman–Crippen LogP) is 3.98. The van der Waals surface area contributed by atoms with E-state index in [1.165, 1.54) is 0 Å². The molecular weight excluding hydrogens is 306 g/mol. The van der Waals surface area contributed by atoms with Crippen molar-refractivity contribution in [2.75, 3.05) is 6.54 Å². The third kappa shape index (κ3) is 2.61. The molecule has 2 aromatic heterocycles. The molecule has 1 aromatic carbocycles. The monoisotopic (exact) mass is 323 g/mol. The summed E-state index contributed by atoms with van der Waals surface area (Å²) in [6.07, 6.45) is 5.50. The molecule has 1 amide bonds. The first kappa shape index (κ1) is 14.3. The molecule has 0 bridgehead atoms. The minimum absolute atomic E-state index is 0.0418. The molecule has 1 aliphatic rings. The first-order valence-electron chi connectivity index (χ1n) is 7.80. The topological polar surface area (TPSA) is 46.1 Å². The average Bonchev–Trinajstić information content (AvgIpc) is 3.21. The molecule has 0 aliphatic carbocycles. The van der Waals surface area contributed by atoms with Crippen molar-refractivity contribution in [1.29, 1.82) is 0 Å². The highest BCUT2D eigenvalue weighted by molar-refractivity contribution is 7.20. The third-order valence-electron chi connectivity index (χ3n) is 4.27. The van der Waals surface area contributed by atoms with Gasteiger partial charge >= 0.3 is 0 Å². The van der Waals surface area contributed by atoms with E-state index < -0.39 is 0 Å². The maximum atomic E-state index is 13.0. The molecule has 1 atom stereocenters. The number of carbonyl (C=O) groups excluding carboxylic acids is 1. The minimum Gasteiger partial charge on any atom is -0.329 e. The molecule has 1 saturated heterocycles. The second-order valence-corrected chi connectivity index (χ2v) is 6.97. The molecule has 4 nitrogen and oxygen atoms in total. The Kier molecular flexibility index (Phi) is 3.58. The summed E-state index contributed by atoms with van der Waals surface area (Å²) < 4.78 is 1.15. The van der Waals surface area contributed by atoms with Gasteiger partial charge in [-0.1, -0.05) is 18.2 Å². The molecule has 0 N–H and O–H groups in total. The summed E-state index contributed by atoms with van der Waals surface area (Å²) in [4.78, 5) is 24.5. The fraction of sp³-hybridized carbons (Fsp3) is 0.278. The van der Waals surface area contributed by atoms with Crippen LogP contribution in [0.5, 0.6) is 0 Å². The van der Waals surface area contributed by atoms with E-state index in [1.807, 2.05) is 30.0 Å². The van der Waals surface area contributed by atoms with Crippen LogP contribution in [-0.4, -0.2) is 27.3 Å². The average molecular weight is 323 g/mol. The second-order valence-electron chi connectivity index (χ2n) is 5.89. The highest BCUT2D eigenvalue weighted by atomic mass is 32.1.